The van der Waals surface area contributed by atoms with Crippen LogP contribution in [0.2, 0.25) is 0 Å². The number of fused-ring (bicyclic) bond motifs is 7. The van der Waals surface area contributed by atoms with Crippen molar-refractivity contribution in [2.75, 3.05) is 0 Å². The summed E-state index contributed by atoms with van der Waals surface area (Å²) in [5.74, 6) is -2.72. The van der Waals surface area contributed by atoms with E-state index in [1.165, 1.54) is 0 Å². The third-order valence-electron chi connectivity index (χ3n) is 17.1. The van der Waals surface area contributed by atoms with Gasteiger partial charge in [-0.1, -0.05) is 47.1 Å². The van der Waals surface area contributed by atoms with Gasteiger partial charge in [0, 0.05) is 5.92 Å². The number of aliphatic hydroxyl groups is 5. The predicted octanol–water partition coefficient (Wildman–Crippen LogP) is 2.29. The molecule has 2 heterocycles. The fraction of sp³-hybridized carbons (Fsp3) is 0.857. The number of carbonyl (C=O) groups excluding carboxylic acids is 2. The summed E-state index contributed by atoms with van der Waals surface area (Å²) < 4.78 is 28.3. The van der Waals surface area contributed by atoms with Gasteiger partial charge >= 0.3 is 11.9 Å². The smallest absolute Gasteiger partial charge is 0.335 e. The lowest BCUT2D eigenvalue weighted by atomic mass is 9.33. The molecule has 4 saturated carbocycles. The number of hydrogen-bond acceptors (Lipinski definition) is 14. The lowest BCUT2D eigenvalue weighted by Gasteiger charge is -2.70. The molecule has 7 N–H and O–H groups in total. The van der Waals surface area contributed by atoms with E-state index in [9.17, 15) is 54.9 Å². The van der Waals surface area contributed by atoms with Crippen molar-refractivity contribution in [2.45, 2.75) is 174 Å². The molecule has 0 aromatic carbocycles. The van der Waals surface area contributed by atoms with Gasteiger partial charge in [0.05, 0.1) is 11.5 Å². The number of carboxylic acid groups (broad SMARTS) is 2. The van der Waals surface area contributed by atoms with E-state index in [2.05, 4.69) is 27.7 Å². The number of carbonyl (C=O) groups is 4. The summed E-state index contributed by atoms with van der Waals surface area (Å²) >= 11 is 0. The molecule has 0 amide bonds. The van der Waals surface area contributed by atoms with Gasteiger partial charge in [-0.15, -0.1) is 0 Å². The second-order valence-electron chi connectivity index (χ2n) is 20.5. The lowest BCUT2D eigenvalue weighted by Crippen LogP contribution is -2.68. The summed E-state index contributed by atoms with van der Waals surface area (Å²) in [7, 11) is 0. The normalized spacial score (nSPS) is 52.5. The van der Waals surface area contributed by atoms with Gasteiger partial charge in [0.2, 0.25) is 6.29 Å². The van der Waals surface area contributed by atoms with Crippen molar-refractivity contribution in [3.8, 4) is 0 Å². The molecule has 16 nitrogen and oxygen atoms in total. The van der Waals surface area contributed by atoms with Gasteiger partial charge in [-0.05, 0) is 110 Å². The molecule has 4 unspecified atom stereocenters. The van der Waals surface area contributed by atoms with Crippen molar-refractivity contribution in [1.82, 2.24) is 0 Å². The Kier molecular flexibility index (Phi) is 10.9. The maximum Gasteiger partial charge on any atom is 0.335 e. The number of ether oxygens (including phenoxy) is 5. The first kappa shape index (κ1) is 43.5. The molecule has 58 heavy (non-hydrogen) atoms. The first-order valence-corrected chi connectivity index (χ1v) is 20.7. The maximum absolute atomic E-state index is 14.8. The molecule has 0 spiro atoms. The quantitative estimate of drug-likeness (QED) is 0.137. The number of carboxylic acids is 2. The second-order valence-corrected chi connectivity index (χ2v) is 20.5. The third kappa shape index (κ3) is 6.33. The van der Waals surface area contributed by atoms with E-state index in [0.717, 1.165) is 37.7 Å². The van der Waals surface area contributed by atoms with E-state index in [1.54, 1.807) is 0 Å². The van der Waals surface area contributed by atoms with Crippen LogP contribution in [0.1, 0.15) is 106 Å². The van der Waals surface area contributed by atoms with Crippen molar-refractivity contribution >= 4 is 24.2 Å². The zero-order chi connectivity index (χ0) is 42.7. The highest BCUT2D eigenvalue weighted by Crippen LogP contribution is 2.75. The van der Waals surface area contributed by atoms with E-state index in [4.69, 9.17) is 23.7 Å². The molecule has 5 aliphatic carbocycles. The van der Waals surface area contributed by atoms with Crippen molar-refractivity contribution in [2.24, 2.45) is 50.2 Å². The molecule has 0 aromatic heterocycles. The van der Waals surface area contributed by atoms with Gasteiger partial charge in [0.15, 0.2) is 24.5 Å². The van der Waals surface area contributed by atoms with Crippen LogP contribution in [0, 0.1) is 50.2 Å². The van der Waals surface area contributed by atoms with Crippen molar-refractivity contribution in [3.63, 3.8) is 0 Å². The van der Waals surface area contributed by atoms with Gasteiger partial charge in [-0.2, -0.15) is 0 Å². The summed E-state index contributed by atoms with van der Waals surface area (Å²) in [6.45, 7) is 14.9. The molecule has 326 valence electrons. The number of aliphatic hydroxyl groups excluding tert-OH is 5. The summed E-state index contributed by atoms with van der Waals surface area (Å²) in [4.78, 5) is 50.6. The molecular formula is C42H62O16. The SMILES string of the molecule is CC1(C)[C@@H](O[C@@H]2OC(C(=O)O)[C@@H](O)[C@H](O)C2O[C@@H]2OC(OC=O)[C@@H](O)[C@H](O)C2O)CC[C@]2(C)[C@H]3C(=O)C=C4[C@@H]5C[C@@](C)(C(=O)O)CC[C@]5(C)CC[C@@]4(C)[C@]3(C)CC[C@@H]12. The first-order chi connectivity index (χ1) is 26.9. The minimum Gasteiger partial charge on any atom is -0.481 e. The third-order valence-corrected chi connectivity index (χ3v) is 17.1. The fourth-order valence-corrected chi connectivity index (χ4v) is 13.3. The Labute approximate surface area is 338 Å². The van der Waals surface area contributed by atoms with Crippen LogP contribution in [0.5, 0.6) is 0 Å². The molecule has 7 rings (SSSR count). The average Bonchev–Trinajstić information content (AvgIpc) is 3.14. The van der Waals surface area contributed by atoms with Gasteiger partial charge in [0.1, 0.15) is 36.6 Å². The van der Waals surface area contributed by atoms with Gasteiger partial charge in [0.25, 0.3) is 6.47 Å². The van der Waals surface area contributed by atoms with Crippen LogP contribution in [0.4, 0.5) is 0 Å². The van der Waals surface area contributed by atoms with Crippen LogP contribution in [-0.2, 0) is 42.9 Å². The van der Waals surface area contributed by atoms with Crippen molar-refractivity contribution < 1.29 is 78.6 Å². The molecule has 16 heteroatoms. The Morgan fingerprint density at radius 3 is 2.05 bits per heavy atom. The van der Waals surface area contributed by atoms with Gasteiger partial charge in [-0.25, -0.2) is 4.79 Å². The molecule has 0 aromatic rings. The molecule has 19 atom stereocenters. The summed E-state index contributed by atoms with van der Waals surface area (Å²) in [6.07, 6.45) is -11.2. The number of allylic oxidation sites excluding steroid dienone is 2. The molecule has 0 bridgehead atoms. The van der Waals surface area contributed by atoms with Crippen LogP contribution in [0.25, 0.3) is 0 Å². The Bertz CT molecular complexity index is 1700. The number of hydrogen-bond donors (Lipinski definition) is 7. The molecule has 6 fully saturated rings. The highest BCUT2D eigenvalue weighted by molar-refractivity contribution is 5.95. The Morgan fingerprint density at radius 2 is 1.41 bits per heavy atom. The summed E-state index contributed by atoms with van der Waals surface area (Å²) in [5, 5.41) is 73.6. The van der Waals surface area contributed by atoms with E-state index in [-0.39, 0.29) is 40.8 Å². The molecule has 7 aliphatic rings. The Morgan fingerprint density at radius 1 is 0.759 bits per heavy atom. The Balaban J connectivity index is 1.17. The van der Waals surface area contributed by atoms with Crippen LogP contribution in [0.15, 0.2) is 11.6 Å². The highest BCUT2D eigenvalue weighted by atomic mass is 16.8. The van der Waals surface area contributed by atoms with E-state index < -0.39 is 101 Å². The highest BCUT2D eigenvalue weighted by Gasteiger charge is 2.71. The zero-order valence-corrected chi connectivity index (χ0v) is 34.4. The van der Waals surface area contributed by atoms with E-state index in [1.807, 2.05) is 26.8 Å². The van der Waals surface area contributed by atoms with Crippen LogP contribution in [-0.4, -0.2) is 128 Å². The van der Waals surface area contributed by atoms with Crippen LogP contribution < -0.4 is 0 Å². The van der Waals surface area contributed by atoms with E-state index >= 15 is 0 Å². The second kappa shape index (κ2) is 14.5. The molecule has 2 saturated heterocycles. The fourth-order valence-electron chi connectivity index (χ4n) is 13.3. The largest absolute Gasteiger partial charge is 0.481 e. The van der Waals surface area contributed by atoms with Crippen molar-refractivity contribution in [1.29, 1.82) is 0 Å². The molecule has 0 radical (unpaired) electrons. The lowest BCUT2D eigenvalue weighted by molar-refractivity contribution is -0.388. The molecule has 2 aliphatic heterocycles. The zero-order valence-electron chi connectivity index (χ0n) is 34.4. The van der Waals surface area contributed by atoms with Crippen LogP contribution >= 0.6 is 0 Å². The van der Waals surface area contributed by atoms with E-state index in [0.29, 0.717) is 25.7 Å². The van der Waals surface area contributed by atoms with Gasteiger partial charge in [-0.3, -0.25) is 14.4 Å². The summed E-state index contributed by atoms with van der Waals surface area (Å²) in [6, 6.07) is 0. The Hall–Kier alpha value is -2.54. The predicted molar refractivity (Wildman–Crippen MR) is 199 cm³/mol. The van der Waals surface area contributed by atoms with Gasteiger partial charge < -0.3 is 59.4 Å². The molecular weight excluding hydrogens is 760 g/mol. The maximum atomic E-state index is 14.8. The number of rotatable bonds is 8. The van der Waals surface area contributed by atoms with Crippen molar-refractivity contribution in [3.05, 3.63) is 11.6 Å². The number of aliphatic carboxylic acids is 2. The number of ketones is 1. The average molecular weight is 823 g/mol. The topological polar surface area (TPSA) is 256 Å². The standard InChI is InChI=1S/C42H62O16/c1-37(2)22-8-11-42(7)31(21(44)16-19-20-17-39(4,36(52)53)13-12-38(20,3)14-15-41(19,42)6)40(22,5)10-9-23(37)55-35-30(26(47)25(46)29(56-35)32(50)51)57-34-28(49)24(45)27(48)33(58-34)54-18-43/h16,18,20,22-31,33-35,45-49H,8-15,17H2,1-7H3,(H,50,51)(H,52,53)/t20-,22-,23-,24-,25-,26-,27-,28?,29?,30?,31+,33?,34+,35+,38+,39-,40-,41+,42+/m0/s1. The minimum atomic E-state index is -2.01. The first-order valence-electron chi connectivity index (χ1n) is 20.7. The summed E-state index contributed by atoms with van der Waals surface area (Å²) in [5.41, 5.74) is -1.73. The minimum absolute atomic E-state index is 0.0139. The van der Waals surface area contributed by atoms with Crippen LogP contribution in [0.3, 0.4) is 0 Å². The monoisotopic (exact) mass is 822 g/mol.